The first-order valence-corrected chi connectivity index (χ1v) is 12.7. The normalized spacial score (nSPS) is 31.3. The Morgan fingerprint density at radius 2 is 1.18 bits per heavy atom. The maximum absolute atomic E-state index is 14.0. The molecule has 5 aliphatic rings. The van der Waals surface area contributed by atoms with Gasteiger partial charge in [-0.25, -0.2) is 13.6 Å². The Bertz CT molecular complexity index is 1410. The molecule has 4 amide bonds. The standard InChI is InChI=1S/C29H24F2N2O6/c1-4-39-28(38)21-13(2)18-19-22(26(36)32(24(19)34)16-9-5-14(30)6-10-16)29(21,3)23-20(18)25(35)33(27(23)37)17-11-7-15(31)8-12-17/h5-12,18-20,22-23H,4H2,1-3H3/t18?,19-,20-,22-,23+,29?/m1/s1. The van der Waals surface area contributed by atoms with Crippen LogP contribution in [0.5, 0.6) is 0 Å². The van der Waals surface area contributed by atoms with E-state index in [1.165, 1.54) is 24.3 Å². The SMILES string of the molecule is CCOC(=O)C1=C(C)C2[C@H]3C(=O)N(c4ccc(F)cc4)C(=O)[C@H]3C1(C)[C@H]1C(=O)N(c3ccc(F)cc3)C(=O)[C@H]21. The Labute approximate surface area is 222 Å². The van der Waals surface area contributed by atoms with Gasteiger partial charge in [0.25, 0.3) is 0 Å². The van der Waals surface area contributed by atoms with E-state index in [0.717, 1.165) is 34.1 Å². The van der Waals surface area contributed by atoms with Crippen molar-refractivity contribution in [3.05, 3.63) is 71.3 Å². The topological polar surface area (TPSA) is 101 Å². The molecule has 2 saturated heterocycles. The summed E-state index contributed by atoms with van der Waals surface area (Å²) in [4.78, 5) is 71.1. The van der Waals surface area contributed by atoms with Gasteiger partial charge in [-0.1, -0.05) is 12.5 Å². The van der Waals surface area contributed by atoms with Gasteiger partial charge in [0.1, 0.15) is 11.6 Å². The molecule has 7 rings (SSSR count). The van der Waals surface area contributed by atoms with E-state index in [0.29, 0.717) is 5.57 Å². The fraction of sp³-hybridized carbons (Fsp3) is 0.345. The average Bonchev–Trinajstić information content (AvgIpc) is 3.32. The Hall–Kier alpha value is -4.21. The van der Waals surface area contributed by atoms with E-state index >= 15 is 0 Å². The number of benzene rings is 2. The molecular formula is C29H24F2N2O6. The van der Waals surface area contributed by atoms with Gasteiger partial charge in [-0.15, -0.1) is 0 Å². The molecule has 6 atom stereocenters. The quantitative estimate of drug-likeness (QED) is 0.440. The maximum Gasteiger partial charge on any atom is 0.334 e. The predicted octanol–water partition coefficient (Wildman–Crippen LogP) is 3.41. The molecule has 0 radical (unpaired) electrons. The van der Waals surface area contributed by atoms with Crippen molar-refractivity contribution in [2.24, 2.45) is 35.0 Å². The molecule has 0 aromatic heterocycles. The Balaban J connectivity index is 1.54. The van der Waals surface area contributed by atoms with Crippen molar-refractivity contribution in [1.29, 1.82) is 0 Å². The summed E-state index contributed by atoms with van der Waals surface area (Å²) in [6.45, 7) is 4.88. The number of allylic oxidation sites excluding steroid dienone is 1. The molecule has 3 fully saturated rings. The number of nitrogens with zero attached hydrogens (tertiary/aromatic N) is 2. The molecule has 2 aromatic rings. The van der Waals surface area contributed by atoms with E-state index in [9.17, 15) is 32.8 Å². The lowest BCUT2D eigenvalue weighted by Gasteiger charge is -2.55. The molecular weight excluding hydrogens is 510 g/mol. The number of hydrogen-bond acceptors (Lipinski definition) is 6. The van der Waals surface area contributed by atoms with Gasteiger partial charge in [-0.05, 0) is 62.4 Å². The molecule has 200 valence electrons. The molecule has 2 aliphatic heterocycles. The number of imide groups is 2. The zero-order chi connectivity index (χ0) is 28.0. The Morgan fingerprint density at radius 3 is 1.56 bits per heavy atom. The number of esters is 1. The van der Waals surface area contributed by atoms with Crippen LogP contribution in [0.1, 0.15) is 20.8 Å². The van der Waals surface area contributed by atoms with Gasteiger partial charge in [-0.3, -0.25) is 29.0 Å². The summed E-state index contributed by atoms with van der Waals surface area (Å²) < 4.78 is 32.6. The number of amides is 4. The summed E-state index contributed by atoms with van der Waals surface area (Å²) in [5, 5.41) is 0. The predicted molar refractivity (Wildman–Crippen MR) is 133 cm³/mol. The molecule has 3 aliphatic carbocycles. The van der Waals surface area contributed by atoms with Crippen molar-refractivity contribution in [3.63, 3.8) is 0 Å². The van der Waals surface area contributed by atoms with E-state index < -0.39 is 76.2 Å². The first-order valence-electron chi connectivity index (χ1n) is 12.7. The zero-order valence-corrected chi connectivity index (χ0v) is 21.3. The minimum atomic E-state index is -1.55. The zero-order valence-electron chi connectivity index (χ0n) is 21.3. The van der Waals surface area contributed by atoms with Crippen LogP contribution in [0.3, 0.4) is 0 Å². The smallest absolute Gasteiger partial charge is 0.334 e. The summed E-state index contributed by atoms with van der Waals surface area (Å²) in [7, 11) is 0. The number of halogens is 2. The van der Waals surface area contributed by atoms with E-state index in [1.54, 1.807) is 20.8 Å². The lowest BCUT2D eigenvalue weighted by molar-refractivity contribution is -0.155. The van der Waals surface area contributed by atoms with Gasteiger partial charge in [0.05, 0.1) is 41.7 Å². The fourth-order valence-electron chi connectivity index (χ4n) is 7.50. The number of ether oxygens (including phenoxy) is 1. The van der Waals surface area contributed by atoms with E-state index in [-0.39, 0.29) is 23.6 Å². The highest BCUT2D eigenvalue weighted by Crippen LogP contribution is 2.68. The first-order chi connectivity index (χ1) is 18.5. The van der Waals surface area contributed by atoms with Crippen molar-refractivity contribution >= 4 is 41.0 Å². The largest absolute Gasteiger partial charge is 0.463 e. The number of hydrogen-bond donors (Lipinski definition) is 0. The number of carbonyl (C=O) groups excluding carboxylic acids is 5. The van der Waals surface area contributed by atoms with Crippen LogP contribution in [0.25, 0.3) is 0 Å². The summed E-state index contributed by atoms with van der Waals surface area (Å²) in [6.07, 6.45) is 0. The highest BCUT2D eigenvalue weighted by atomic mass is 19.1. The molecule has 2 unspecified atom stereocenters. The van der Waals surface area contributed by atoms with Gasteiger partial charge in [0, 0.05) is 16.9 Å². The van der Waals surface area contributed by atoms with Gasteiger partial charge in [0.2, 0.25) is 23.6 Å². The van der Waals surface area contributed by atoms with Gasteiger partial charge in [-0.2, -0.15) is 0 Å². The second-order valence-corrected chi connectivity index (χ2v) is 10.6. The third-order valence-electron chi connectivity index (χ3n) is 8.85. The van der Waals surface area contributed by atoms with Crippen LogP contribution < -0.4 is 9.80 Å². The molecule has 8 nitrogen and oxygen atoms in total. The van der Waals surface area contributed by atoms with E-state index in [1.807, 2.05) is 0 Å². The van der Waals surface area contributed by atoms with Gasteiger partial charge in [0.15, 0.2) is 0 Å². The highest BCUT2D eigenvalue weighted by Gasteiger charge is 2.77. The van der Waals surface area contributed by atoms with Crippen LogP contribution >= 0.6 is 0 Å². The van der Waals surface area contributed by atoms with E-state index in [2.05, 4.69) is 0 Å². The van der Waals surface area contributed by atoms with Gasteiger partial charge < -0.3 is 4.74 Å². The molecule has 0 N–H and O–H groups in total. The van der Waals surface area contributed by atoms with E-state index in [4.69, 9.17) is 4.74 Å². The highest BCUT2D eigenvalue weighted by molar-refractivity contribution is 6.27. The van der Waals surface area contributed by atoms with Crippen LogP contribution in [0.2, 0.25) is 0 Å². The number of anilines is 2. The monoisotopic (exact) mass is 534 g/mol. The van der Waals surface area contributed by atoms with Gasteiger partial charge >= 0.3 is 5.97 Å². The molecule has 39 heavy (non-hydrogen) atoms. The summed E-state index contributed by atoms with van der Waals surface area (Å²) in [6, 6.07) is 9.76. The molecule has 2 bridgehead atoms. The second-order valence-electron chi connectivity index (χ2n) is 10.6. The molecule has 10 heteroatoms. The third kappa shape index (κ3) is 3.11. The second kappa shape index (κ2) is 8.39. The van der Waals surface area contributed by atoms with Crippen molar-refractivity contribution in [2.75, 3.05) is 16.4 Å². The van der Waals surface area contributed by atoms with Crippen LogP contribution in [0.15, 0.2) is 59.7 Å². The minimum absolute atomic E-state index is 0.0434. The number of carbonyl (C=O) groups is 5. The fourth-order valence-corrected chi connectivity index (χ4v) is 7.50. The Morgan fingerprint density at radius 1 is 0.769 bits per heavy atom. The van der Waals surface area contributed by atoms with Crippen LogP contribution in [-0.4, -0.2) is 36.2 Å². The summed E-state index contributed by atoms with van der Waals surface area (Å²) >= 11 is 0. The Kier molecular flexibility index (Phi) is 5.40. The maximum atomic E-state index is 14.0. The van der Waals surface area contributed by atoms with Crippen molar-refractivity contribution in [1.82, 2.24) is 0 Å². The van der Waals surface area contributed by atoms with Crippen molar-refractivity contribution in [2.45, 2.75) is 20.8 Å². The van der Waals surface area contributed by atoms with Crippen LogP contribution in [-0.2, 0) is 28.7 Å². The molecule has 0 spiro atoms. The van der Waals surface area contributed by atoms with Crippen molar-refractivity contribution in [3.8, 4) is 0 Å². The third-order valence-corrected chi connectivity index (χ3v) is 8.85. The summed E-state index contributed by atoms with van der Waals surface area (Å²) in [5.41, 5.74) is -0.669. The molecule has 1 saturated carbocycles. The molecule has 2 aromatic carbocycles. The average molecular weight is 535 g/mol. The lowest BCUT2D eigenvalue weighted by Crippen LogP contribution is -2.61. The number of rotatable bonds is 4. The first kappa shape index (κ1) is 25.1. The van der Waals surface area contributed by atoms with Crippen LogP contribution in [0, 0.1) is 46.6 Å². The van der Waals surface area contributed by atoms with Crippen LogP contribution in [0.4, 0.5) is 20.2 Å². The lowest BCUT2D eigenvalue weighted by atomic mass is 9.43. The molecule has 2 heterocycles. The summed E-state index contributed by atoms with van der Waals surface area (Å²) in [5.74, 6) is -9.42. The minimum Gasteiger partial charge on any atom is -0.463 e. The van der Waals surface area contributed by atoms with Crippen molar-refractivity contribution < 1.29 is 37.5 Å².